The van der Waals surface area contributed by atoms with Crippen LogP contribution in [0, 0.1) is 0 Å². The Morgan fingerprint density at radius 2 is 1.81 bits per heavy atom. The number of nitrogens with one attached hydrogen (secondary N) is 1. The molecule has 1 heterocycles. The fourth-order valence-corrected chi connectivity index (χ4v) is 3.56. The second-order valence-corrected chi connectivity index (χ2v) is 7.93. The van der Waals surface area contributed by atoms with Gasteiger partial charge in [-0.2, -0.15) is 0 Å². The number of nitrogens with zero attached hydrogens (tertiary/aromatic N) is 3. The van der Waals surface area contributed by atoms with E-state index in [0.29, 0.717) is 6.61 Å². The molecule has 1 fully saturated rings. The van der Waals surface area contributed by atoms with Crippen molar-refractivity contribution in [2.24, 2.45) is 0 Å². The van der Waals surface area contributed by atoms with Crippen LogP contribution in [-0.2, 0) is 11.3 Å². The summed E-state index contributed by atoms with van der Waals surface area (Å²) in [7, 11) is 4.08. The molecule has 0 aliphatic carbocycles. The van der Waals surface area contributed by atoms with Gasteiger partial charge in [-0.05, 0) is 49.5 Å². The number of likely N-dealkylation sites (N-methyl/N-ethyl adjacent to an activating group) is 1. The van der Waals surface area contributed by atoms with Gasteiger partial charge in [0.05, 0.1) is 0 Å². The van der Waals surface area contributed by atoms with Crippen LogP contribution in [0.2, 0.25) is 0 Å². The van der Waals surface area contributed by atoms with E-state index in [2.05, 4.69) is 32.9 Å². The van der Waals surface area contributed by atoms with Crippen molar-refractivity contribution in [3.8, 4) is 5.75 Å². The van der Waals surface area contributed by atoms with Gasteiger partial charge in [0.15, 0.2) is 0 Å². The monoisotopic (exact) mass is 424 g/mol. The van der Waals surface area contributed by atoms with Crippen LogP contribution in [0.5, 0.6) is 5.75 Å². The second-order valence-electron chi connectivity index (χ2n) is 7.93. The van der Waals surface area contributed by atoms with Crippen molar-refractivity contribution in [3.05, 3.63) is 65.7 Å². The van der Waals surface area contributed by atoms with Gasteiger partial charge in [0.1, 0.15) is 12.4 Å². The summed E-state index contributed by atoms with van der Waals surface area (Å²) in [6, 6.07) is 16.4. The maximum absolute atomic E-state index is 11.3. The minimum absolute atomic E-state index is 0.534. The first-order valence-corrected chi connectivity index (χ1v) is 10.6. The number of hydrogen-bond donors (Lipinski definition) is 2. The van der Waals surface area contributed by atoms with Crippen LogP contribution < -0.4 is 15.1 Å². The highest BCUT2D eigenvalue weighted by molar-refractivity contribution is 5.91. The number of rotatable bonds is 9. The second kappa shape index (κ2) is 11.5. The Morgan fingerprint density at radius 1 is 1.10 bits per heavy atom. The Balaban J connectivity index is 1.51. The zero-order chi connectivity index (χ0) is 22.1. The van der Waals surface area contributed by atoms with Crippen molar-refractivity contribution in [3.63, 3.8) is 0 Å². The van der Waals surface area contributed by atoms with E-state index >= 15 is 0 Å². The smallest absolute Gasteiger partial charge is 0.267 e. The maximum Gasteiger partial charge on any atom is 0.267 e. The number of anilines is 1. The molecule has 0 atom stereocenters. The van der Waals surface area contributed by atoms with Crippen molar-refractivity contribution in [2.45, 2.75) is 6.54 Å². The topological polar surface area (TPSA) is 68.3 Å². The highest BCUT2D eigenvalue weighted by Crippen LogP contribution is 2.24. The number of ether oxygens (including phenoxy) is 1. The zero-order valence-corrected chi connectivity index (χ0v) is 18.3. The number of carbonyl (C=O) groups is 1. The van der Waals surface area contributed by atoms with Crippen LogP contribution in [0.3, 0.4) is 0 Å². The molecule has 7 nitrogen and oxygen atoms in total. The van der Waals surface area contributed by atoms with E-state index in [4.69, 9.17) is 9.94 Å². The molecule has 2 aromatic rings. The maximum atomic E-state index is 11.3. The summed E-state index contributed by atoms with van der Waals surface area (Å²) in [5.74, 6) is 0.378. The minimum Gasteiger partial charge on any atom is -0.492 e. The molecule has 0 aromatic heterocycles. The lowest BCUT2D eigenvalue weighted by Gasteiger charge is -2.36. The van der Waals surface area contributed by atoms with Crippen LogP contribution in [-0.4, -0.2) is 74.3 Å². The average molecular weight is 425 g/mol. The highest BCUT2D eigenvalue weighted by Gasteiger charge is 2.18. The molecule has 0 radical (unpaired) electrons. The number of carbonyl (C=O) groups excluding carboxylic acids is 1. The standard InChI is InChI=1S/C24H32N4O3/c1-26(2)17-18-31-22-10-7-20(8-11-22)19-27-13-15-28(16-14-27)23-6-4-3-5-21(23)9-12-24(29)25-30/h3-12,30H,13-19H2,1-2H3,(H,25,29). The summed E-state index contributed by atoms with van der Waals surface area (Å²) < 4.78 is 5.77. The van der Waals surface area contributed by atoms with E-state index in [9.17, 15) is 4.79 Å². The SMILES string of the molecule is CN(C)CCOc1ccc(CN2CCN(c3ccccc3C=CC(=O)NO)CC2)cc1. The van der Waals surface area contributed by atoms with E-state index < -0.39 is 5.91 Å². The Kier molecular flexibility index (Phi) is 8.46. The van der Waals surface area contributed by atoms with Gasteiger partial charge in [-0.1, -0.05) is 30.3 Å². The zero-order valence-electron chi connectivity index (χ0n) is 18.3. The van der Waals surface area contributed by atoms with E-state index in [0.717, 1.165) is 56.3 Å². The molecular weight excluding hydrogens is 392 g/mol. The molecule has 0 spiro atoms. The van der Waals surface area contributed by atoms with Crippen molar-refractivity contribution < 1.29 is 14.7 Å². The number of para-hydroxylation sites is 1. The third-order valence-electron chi connectivity index (χ3n) is 5.31. The number of hydrogen-bond acceptors (Lipinski definition) is 6. The number of benzene rings is 2. The fraction of sp³-hybridized carbons (Fsp3) is 0.375. The van der Waals surface area contributed by atoms with Crippen LogP contribution >= 0.6 is 0 Å². The molecule has 1 amide bonds. The lowest BCUT2D eigenvalue weighted by Crippen LogP contribution is -2.46. The van der Waals surface area contributed by atoms with Gasteiger partial charge in [-0.3, -0.25) is 14.9 Å². The quantitative estimate of drug-likeness (QED) is 0.366. The van der Waals surface area contributed by atoms with Crippen molar-refractivity contribution >= 4 is 17.7 Å². The lowest BCUT2D eigenvalue weighted by molar-refractivity contribution is -0.124. The number of hydroxylamine groups is 1. The Bertz CT molecular complexity index is 859. The van der Waals surface area contributed by atoms with Crippen LogP contribution in [0.15, 0.2) is 54.6 Å². The first kappa shape index (κ1) is 22.8. The summed E-state index contributed by atoms with van der Waals surface area (Å²) in [4.78, 5) is 18.2. The minimum atomic E-state index is -0.534. The molecule has 166 valence electrons. The summed E-state index contributed by atoms with van der Waals surface area (Å²) in [6.45, 7) is 6.29. The molecule has 31 heavy (non-hydrogen) atoms. The number of piperazine rings is 1. The van der Waals surface area contributed by atoms with E-state index in [-0.39, 0.29) is 0 Å². The Labute approximate surface area is 184 Å². The van der Waals surface area contributed by atoms with Crippen molar-refractivity contribution in [2.75, 3.05) is 58.3 Å². The summed E-state index contributed by atoms with van der Waals surface area (Å²) in [5.41, 5.74) is 4.97. The highest BCUT2D eigenvalue weighted by atomic mass is 16.5. The summed E-state index contributed by atoms with van der Waals surface area (Å²) in [6.07, 6.45) is 3.07. The van der Waals surface area contributed by atoms with E-state index in [1.165, 1.54) is 11.6 Å². The molecule has 0 bridgehead atoms. The van der Waals surface area contributed by atoms with E-state index in [1.54, 1.807) is 11.6 Å². The van der Waals surface area contributed by atoms with Crippen LogP contribution in [0.1, 0.15) is 11.1 Å². The van der Waals surface area contributed by atoms with Gasteiger partial charge in [0, 0.05) is 51.0 Å². The van der Waals surface area contributed by atoms with Gasteiger partial charge >= 0.3 is 0 Å². The predicted octanol–water partition coefficient (Wildman–Crippen LogP) is 2.47. The molecule has 1 saturated heterocycles. The Hall–Kier alpha value is -2.87. The summed E-state index contributed by atoms with van der Waals surface area (Å²) >= 11 is 0. The molecule has 2 aromatic carbocycles. The Morgan fingerprint density at radius 3 is 2.48 bits per heavy atom. The third kappa shape index (κ3) is 7.10. The normalized spacial score (nSPS) is 14.9. The first-order valence-electron chi connectivity index (χ1n) is 10.6. The first-order chi connectivity index (χ1) is 15.0. The molecular formula is C24H32N4O3. The lowest BCUT2D eigenvalue weighted by atomic mass is 10.1. The largest absolute Gasteiger partial charge is 0.492 e. The fourth-order valence-electron chi connectivity index (χ4n) is 3.56. The molecule has 3 rings (SSSR count). The molecule has 0 unspecified atom stereocenters. The summed E-state index contributed by atoms with van der Waals surface area (Å²) in [5, 5.41) is 8.68. The molecule has 1 aliphatic heterocycles. The van der Waals surface area contributed by atoms with Gasteiger partial charge in [0.25, 0.3) is 5.91 Å². The average Bonchev–Trinajstić information content (AvgIpc) is 2.79. The van der Waals surface area contributed by atoms with Crippen molar-refractivity contribution in [1.29, 1.82) is 0 Å². The van der Waals surface area contributed by atoms with Gasteiger partial charge in [0.2, 0.25) is 0 Å². The van der Waals surface area contributed by atoms with Gasteiger partial charge in [-0.25, -0.2) is 5.48 Å². The molecule has 7 heteroatoms. The van der Waals surface area contributed by atoms with Crippen LogP contribution in [0.25, 0.3) is 6.08 Å². The van der Waals surface area contributed by atoms with Crippen LogP contribution in [0.4, 0.5) is 5.69 Å². The van der Waals surface area contributed by atoms with Gasteiger partial charge in [-0.15, -0.1) is 0 Å². The van der Waals surface area contributed by atoms with Gasteiger partial charge < -0.3 is 14.5 Å². The third-order valence-corrected chi connectivity index (χ3v) is 5.31. The molecule has 0 saturated carbocycles. The number of amides is 1. The predicted molar refractivity (Wildman–Crippen MR) is 123 cm³/mol. The van der Waals surface area contributed by atoms with Crippen molar-refractivity contribution in [1.82, 2.24) is 15.3 Å². The van der Waals surface area contributed by atoms with E-state index in [1.807, 2.05) is 44.4 Å². The molecule has 1 aliphatic rings. The molecule has 2 N–H and O–H groups in total.